The molecule has 1 aromatic heterocycles. The first-order valence-corrected chi connectivity index (χ1v) is 8.02. The average molecular weight is 348 g/mol. The van der Waals surface area contributed by atoms with Crippen LogP contribution < -0.4 is 10.1 Å². The van der Waals surface area contributed by atoms with Crippen LogP contribution in [0.4, 0.5) is 0 Å². The second-order valence-corrected chi connectivity index (χ2v) is 7.14. The van der Waals surface area contributed by atoms with E-state index in [1.807, 2.05) is 0 Å². The third-order valence-electron chi connectivity index (χ3n) is 3.51. The fraction of sp³-hybridized carbons (Fsp3) is 0.615. The van der Waals surface area contributed by atoms with Crippen LogP contribution in [0.3, 0.4) is 0 Å². The Balaban J connectivity index is 1.86. The number of aliphatic hydroxyl groups is 1. The Labute approximate surface area is 125 Å². The van der Waals surface area contributed by atoms with Crippen LogP contribution >= 0.6 is 27.3 Å². The number of hydrogen-bond acceptors (Lipinski definition) is 4. The molecule has 106 valence electrons. The van der Waals surface area contributed by atoms with Crippen molar-refractivity contribution in [2.24, 2.45) is 5.92 Å². The van der Waals surface area contributed by atoms with Crippen molar-refractivity contribution in [1.29, 1.82) is 0 Å². The van der Waals surface area contributed by atoms with E-state index in [9.17, 15) is 9.90 Å². The standard InChI is InChI=1S/C13H18BrNO3S/c1-18-10-6-11(19-12(10)14)13(17)15-7-9(16)8-4-2-3-5-8/h6,8-9,16H,2-5,7H2,1H3,(H,15,17)/t9-/m1/s1. The third-order valence-corrected chi connectivity index (χ3v) is 5.29. The molecule has 1 atom stereocenters. The molecule has 19 heavy (non-hydrogen) atoms. The van der Waals surface area contributed by atoms with Crippen molar-refractivity contribution in [1.82, 2.24) is 5.32 Å². The van der Waals surface area contributed by atoms with Gasteiger partial charge in [-0.2, -0.15) is 0 Å². The van der Waals surface area contributed by atoms with Gasteiger partial charge in [-0.15, -0.1) is 11.3 Å². The maximum Gasteiger partial charge on any atom is 0.261 e. The van der Waals surface area contributed by atoms with Crippen LogP contribution in [-0.2, 0) is 0 Å². The number of thiophene rings is 1. The van der Waals surface area contributed by atoms with Gasteiger partial charge in [-0.25, -0.2) is 0 Å². The van der Waals surface area contributed by atoms with E-state index >= 15 is 0 Å². The first kappa shape index (κ1) is 14.8. The molecular weight excluding hydrogens is 330 g/mol. The van der Waals surface area contributed by atoms with Gasteiger partial charge in [0.1, 0.15) is 9.54 Å². The largest absolute Gasteiger partial charge is 0.495 e. The molecule has 4 nitrogen and oxygen atoms in total. The average Bonchev–Trinajstić information content (AvgIpc) is 3.04. The number of halogens is 1. The fourth-order valence-corrected chi connectivity index (χ4v) is 3.96. The summed E-state index contributed by atoms with van der Waals surface area (Å²) >= 11 is 4.67. The molecule has 6 heteroatoms. The molecule has 0 saturated heterocycles. The minimum atomic E-state index is -0.434. The molecule has 1 amide bonds. The number of aliphatic hydroxyl groups excluding tert-OH is 1. The molecule has 2 N–H and O–H groups in total. The number of carbonyl (C=O) groups excluding carboxylic acids is 1. The smallest absolute Gasteiger partial charge is 0.261 e. The van der Waals surface area contributed by atoms with E-state index in [4.69, 9.17) is 4.74 Å². The molecule has 0 bridgehead atoms. The number of carbonyl (C=O) groups is 1. The topological polar surface area (TPSA) is 58.6 Å². The van der Waals surface area contributed by atoms with Gasteiger partial charge in [-0.1, -0.05) is 12.8 Å². The molecule has 2 rings (SSSR count). The number of ether oxygens (including phenoxy) is 1. The van der Waals surface area contributed by atoms with Crippen molar-refractivity contribution >= 4 is 33.2 Å². The minimum absolute atomic E-state index is 0.161. The Morgan fingerprint density at radius 3 is 2.89 bits per heavy atom. The lowest BCUT2D eigenvalue weighted by Gasteiger charge is -2.17. The van der Waals surface area contributed by atoms with Crippen molar-refractivity contribution in [2.45, 2.75) is 31.8 Å². The molecule has 0 aromatic carbocycles. The van der Waals surface area contributed by atoms with E-state index in [-0.39, 0.29) is 5.91 Å². The zero-order chi connectivity index (χ0) is 13.8. The van der Waals surface area contributed by atoms with Crippen LogP contribution in [0.5, 0.6) is 5.75 Å². The second kappa shape index (κ2) is 6.72. The molecule has 1 saturated carbocycles. The third kappa shape index (κ3) is 3.70. The molecular formula is C13H18BrNO3S. The van der Waals surface area contributed by atoms with E-state index in [0.29, 0.717) is 23.1 Å². The van der Waals surface area contributed by atoms with Crippen LogP contribution in [0.25, 0.3) is 0 Å². The molecule has 1 aliphatic carbocycles. The quantitative estimate of drug-likeness (QED) is 0.860. The lowest BCUT2D eigenvalue weighted by Crippen LogP contribution is -2.35. The Morgan fingerprint density at radius 1 is 1.63 bits per heavy atom. The van der Waals surface area contributed by atoms with Crippen molar-refractivity contribution in [3.63, 3.8) is 0 Å². The zero-order valence-corrected chi connectivity index (χ0v) is 13.2. The van der Waals surface area contributed by atoms with E-state index in [1.54, 1.807) is 13.2 Å². The van der Waals surface area contributed by atoms with Crippen LogP contribution in [0.15, 0.2) is 9.85 Å². The molecule has 0 aliphatic heterocycles. The van der Waals surface area contributed by atoms with Crippen molar-refractivity contribution in [2.75, 3.05) is 13.7 Å². The molecule has 1 aliphatic rings. The van der Waals surface area contributed by atoms with Gasteiger partial charge in [0, 0.05) is 12.6 Å². The highest BCUT2D eigenvalue weighted by Crippen LogP contribution is 2.34. The second-order valence-electron chi connectivity index (χ2n) is 4.77. The predicted octanol–water partition coefficient (Wildman–Crippen LogP) is 2.80. The summed E-state index contributed by atoms with van der Waals surface area (Å²) in [6.45, 7) is 0.321. The maximum atomic E-state index is 12.0. The van der Waals surface area contributed by atoms with E-state index < -0.39 is 6.10 Å². The van der Waals surface area contributed by atoms with Gasteiger partial charge < -0.3 is 15.2 Å². The number of methoxy groups -OCH3 is 1. The summed E-state index contributed by atoms with van der Waals surface area (Å²) in [4.78, 5) is 12.5. The first-order chi connectivity index (χ1) is 9.11. The summed E-state index contributed by atoms with van der Waals surface area (Å²) in [5.74, 6) is 0.836. The van der Waals surface area contributed by atoms with Crippen LogP contribution in [0, 0.1) is 5.92 Å². The summed E-state index contributed by atoms with van der Waals surface area (Å²) in [6, 6.07) is 1.70. The Morgan fingerprint density at radius 2 is 2.32 bits per heavy atom. The van der Waals surface area contributed by atoms with Crippen molar-refractivity contribution < 1.29 is 14.6 Å². The molecule has 1 fully saturated rings. The molecule has 0 spiro atoms. The number of rotatable bonds is 5. The highest BCUT2D eigenvalue weighted by atomic mass is 79.9. The summed E-state index contributed by atoms with van der Waals surface area (Å²) in [5, 5.41) is 12.8. The predicted molar refractivity (Wildman–Crippen MR) is 78.9 cm³/mol. The normalized spacial score (nSPS) is 17.4. The van der Waals surface area contributed by atoms with E-state index in [0.717, 1.165) is 16.6 Å². The zero-order valence-electron chi connectivity index (χ0n) is 10.8. The van der Waals surface area contributed by atoms with Crippen LogP contribution in [0.1, 0.15) is 35.4 Å². The van der Waals surface area contributed by atoms with Crippen molar-refractivity contribution in [3.05, 3.63) is 14.7 Å². The highest BCUT2D eigenvalue weighted by molar-refractivity contribution is 9.11. The number of nitrogens with one attached hydrogen (secondary N) is 1. The maximum absolute atomic E-state index is 12.0. The van der Waals surface area contributed by atoms with Crippen LogP contribution in [0.2, 0.25) is 0 Å². The van der Waals surface area contributed by atoms with E-state index in [2.05, 4.69) is 21.2 Å². The Hall–Kier alpha value is -0.590. The van der Waals surface area contributed by atoms with Gasteiger partial charge in [-0.3, -0.25) is 4.79 Å². The van der Waals surface area contributed by atoms with Crippen LogP contribution in [-0.4, -0.2) is 30.8 Å². The van der Waals surface area contributed by atoms with Gasteiger partial charge in [0.2, 0.25) is 0 Å². The fourth-order valence-electron chi connectivity index (χ4n) is 2.40. The Kier molecular flexibility index (Phi) is 5.24. The summed E-state index contributed by atoms with van der Waals surface area (Å²) < 4.78 is 5.92. The highest BCUT2D eigenvalue weighted by Gasteiger charge is 2.24. The molecule has 0 radical (unpaired) electrons. The SMILES string of the molecule is COc1cc(C(=O)NC[C@@H](O)C2CCCC2)sc1Br. The molecule has 0 unspecified atom stereocenters. The first-order valence-electron chi connectivity index (χ1n) is 6.41. The summed E-state index contributed by atoms with van der Waals surface area (Å²) in [7, 11) is 1.57. The Bertz CT molecular complexity index is 443. The lowest BCUT2D eigenvalue weighted by molar-refractivity contribution is 0.0844. The van der Waals surface area contributed by atoms with Crippen molar-refractivity contribution in [3.8, 4) is 5.75 Å². The minimum Gasteiger partial charge on any atom is -0.495 e. The monoisotopic (exact) mass is 347 g/mol. The van der Waals surface area contributed by atoms with Gasteiger partial charge >= 0.3 is 0 Å². The van der Waals surface area contributed by atoms with Gasteiger partial charge in [0.15, 0.2) is 0 Å². The van der Waals surface area contributed by atoms with Gasteiger partial charge in [-0.05, 0) is 34.7 Å². The van der Waals surface area contributed by atoms with Gasteiger partial charge in [0.25, 0.3) is 5.91 Å². The summed E-state index contributed by atoms with van der Waals surface area (Å²) in [6.07, 6.45) is 4.07. The summed E-state index contributed by atoms with van der Waals surface area (Å²) in [5.41, 5.74) is 0. The number of amides is 1. The molecule has 1 aromatic rings. The molecule has 1 heterocycles. The number of hydrogen-bond donors (Lipinski definition) is 2. The lowest BCUT2D eigenvalue weighted by atomic mass is 10.0. The van der Waals surface area contributed by atoms with Gasteiger partial charge in [0.05, 0.1) is 18.1 Å². The van der Waals surface area contributed by atoms with E-state index in [1.165, 1.54) is 24.2 Å².